The van der Waals surface area contributed by atoms with Gasteiger partial charge in [0, 0.05) is 34.1 Å². The van der Waals surface area contributed by atoms with Gasteiger partial charge in [-0.1, -0.05) is 15.9 Å². The van der Waals surface area contributed by atoms with E-state index in [-0.39, 0.29) is 24.4 Å². The van der Waals surface area contributed by atoms with Gasteiger partial charge in [0.05, 0.1) is 5.56 Å². The van der Waals surface area contributed by atoms with Crippen LogP contribution in [0.1, 0.15) is 28.7 Å². The fourth-order valence-electron chi connectivity index (χ4n) is 2.42. The van der Waals surface area contributed by atoms with Crippen molar-refractivity contribution in [3.05, 3.63) is 51.8 Å². The summed E-state index contributed by atoms with van der Waals surface area (Å²) in [5.41, 5.74) is 3.78. The number of nitrogens with zero attached hydrogens (tertiary/aromatic N) is 1. The largest absolute Gasteiger partial charge is 0.350 e. The van der Waals surface area contributed by atoms with E-state index in [0.29, 0.717) is 6.54 Å². The molecule has 6 heteroatoms. The summed E-state index contributed by atoms with van der Waals surface area (Å²) >= 11 is 3.45. The van der Waals surface area contributed by atoms with Crippen LogP contribution in [0.3, 0.4) is 0 Å². The first kappa shape index (κ1) is 19.7. The maximum atomic E-state index is 12.4. The number of aromatic nitrogens is 1. The van der Waals surface area contributed by atoms with Crippen molar-refractivity contribution in [1.82, 2.24) is 15.2 Å². The number of nitrogens with one attached hydrogen (secondary N) is 2. The Morgan fingerprint density at radius 3 is 2.43 bits per heavy atom. The molecule has 2 aromatic rings. The maximum absolute atomic E-state index is 12.4. The lowest BCUT2D eigenvalue weighted by atomic mass is 10.2. The Labute approximate surface area is 152 Å². The van der Waals surface area contributed by atoms with Crippen LogP contribution in [0, 0.1) is 13.8 Å². The second-order valence-corrected chi connectivity index (χ2v) is 6.41. The van der Waals surface area contributed by atoms with Gasteiger partial charge in [-0.3, -0.25) is 4.79 Å². The van der Waals surface area contributed by atoms with Gasteiger partial charge in [-0.05, 0) is 58.2 Å². The zero-order valence-corrected chi connectivity index (χ0v) is 16.2. The Morgan fingerprint density at radius 1 is 1.26 bits per heavy atom. The summed E-state index contributed by atoms with van der Waals surface area (Å²) in [5.74, 6) is -0.0291. The minimum atomic E-state index is -0.0291. The monoisotopic (exact) mass is 399 g/mol. The van der Waals surface area contributed by atoms with Gasteiger partial charge < -0.3 is 15.2 Å². The number of carbonyl (C=O) groups is 1. The van der Waals surface area contributed by atoms with Crippen molar-refractivity contribution in [2.75, 3.05) is 13.6 Å². The summed E-state index contributed by atoms with van der Waals surface area (Å²) in [7, 11) is 1.89. The number of hydrogen-bond acceptors (Lipinski definition) is 2. The fourth-order valence-corrected chi connectivity index (χ4v) is 2.69. The lowest BCUT2D eigenvalue weighted by molar-refractivity contribution is 0.0950. The van der Waals surface area contributed by atoms with Crippen molar-refractivity contribution in [3.8, 4) is 5.69 Å². The Hall–Kier alpha value is -1.30. The lowest BCUT2D eigenvalue weighted by Gasteiger charge is -2.12. The van der Waals surface area contributed by atoms with E-state index in [4.69, 9.17) is 0 Å². The van der Waals surface area contributed by atoms with Crippen LogP contribution in [0.2, 0.25) is 0 Å². The second-order valence-electron chi connectivity index (χ2n) is 5.50. The number of benzene rings is 1. The number of rotatable bonds is 5. The summed E-state index contributed by atoms with van der Waals surface area (Å²) in [5, 5.41) is 6.08. The van der Waals surface area contributed by atoms with E-state index in [9.17, 15) is 4.79 Å². The molecule has 0 fully saturated rings. The van der Waals surface area contributed by atoms with E-state index >= 15 is 0 Å². The number of amides is 1. The van der Waals surface area contributed by atoms with Crippen LogP contribution < -0.4 is 10.6 Å². The lowest BCUT2D eigenvalue weighted by Crippen LogP contribution is -2.37. The SMILES string of the molecule is CNC(C)CNC(=O)c1cc(C)n(-c2ccc(Br)cc2)c1C.Cl. The molecule has 0 saturated heterocycles. The van der Waals surface area contributed by atoms with E-state index in [2.05, 4.69) is 31.1 Å². The molecule has 4 nitrogen and oxygen atoms in total. The van der Waals surface area contributed by atoms with E-state index in [0.717, 1.165) is 27.1 Å². The predicted octanol–water partition coefficient (Wildman–Crippen LogP) is 3.62. The average molecular weight is 401 g/mol. The van der Waals surface area contributed by atoms with Crippen LogP contribution in [0.5, 0.6) is 0 Å². The third kappa shape index (κ3) is 4.59. The van der Waals surface area contributed by atoms with Crippen molar-refractivity contribution in [1.29, 1.82) is 0 Å². The zero-order valence-electron chi connectivity index (χ0n) is 13.8. The first-order valence-electron chi connectivity index (χ1n) is 7.34. The zero-order chi connectivity index (χ0) is 16.3. The Balaban J connectivity index is 0.00000264. The molecule has 0 radical (unpaired) electrons. The quantitative estimate of drug-likeness (QED) is 0.805. The molecule has 0 aliphatic rings. The minimum Gasteiger partial charge on any atom is -0.350 e. The van der Waals surface area contributed by atoms with E-state index in [1.807, 2.05) is 58.2 Å². The minimum absolute atomic E-state index is 0. The molecular weight excluding hydrogens is 378 g/mol. The van der Waals surface area contributed by atoms with Crippen molar-refractivity contribution in [2.24, 2.45) is 0 Å². The van der Waals surface area contributed by atoms with Crippen molar-refractivity contribution in [2.45, 2.75) is 26.8 Å². The van der Waals surface area contributed by atoms with Crippen molar-refractivity contribution >= 4 is 34.2 Å². The summed E-state index contributed by atoms with van der Waals surface area (Å²) < 4.78 is 3.14. The van der Waals surface area contributed by atoms with Crippen LogP contribution >= 0.6 is 28.3 Å². The van der Waals surface area contributed by atoms with Gasteiger partial charge in [-0.2, -0.15) is 0 Å². The topological polar surface area (TPSA) is 46.1 Å². The molecule has 1 heterocycles. The molecule has 0 spiro atoms. The third-order valence-electron chi connectivity index (χ3n) is 3.82. The molecule has 23 heavy (non-hydrogen) atoms. The highest BCUT2D eigenvalue weighted by Crippen LogP contribution is 2.22. The van der Waals surface area contributed by atoms with Gasteiger partial charge in [0.1, 0.15) is 0 Å². The normalized spacial score (nSPS) is 11.7. The molecular formula is C17H23BrClN3O. The van der Waals surface area contributed by atoms with E-state index < -0.39 is 0 Å². The average Bonchev–Trinajstić information content (AvgIpc) is 2.80. The van der Waals surface area contributed by atoms with Crippen molar-refractivity contribution in [3.63, 3.8) is 0 Å². The first-order chi connectivity index (χ1) is 10.4. The van der Waals surface area contributed by atoms with Gasteiger partial charge >= 0.3 is 0 Å². The summed E-state index contributed by atoms with van der Waals surface area (Å²) in [6, 6.07) is 10.3. The van der Waals surface area contributed by atoms with Crippen molar-refractivity contribution < 1.29 is 4.79 Å². The predicted molar refractivity (Wildman–Crippen MR) is 101 cm³/mol. The standard InChI is InChI=1S/C17H22BrN3O.ClH/c1-11(19-4)10-20-17(22)16-9-12(2)21(13(16)3)15-7-5-14(18)6-8-15;/h5-9,11,19H,10H2,1-4H3,(H,20,22);1H. The number of hydrogen-bond donors (Lipinski definition) is 2. The molecule has 2 N–H and O–H groups in total. The molecule has 2 rings (SSSR count). The number of carbonyl (C=O) groups excluding carboxylic acids is 1. The highest BCUT2D eigenvalue weighted by molar-refractivity contribution is 9.10. The maximum Gasteiger partial charge on any atom is 0.253 e. The van der Waals surface area contributed by atoms with E-state index in [1.54, 1.807) is 0 Å². The Bertz CT molecular complexity index is 667. The molecule has 1 atom stereocenters. The van der Waals surface area contributed by atoms with Gasteiger partial charge in [0.15, 0.2) is 0 Å². The molecule has 1 unspecified atom stereocenters. The summed E-state index contributed by atoms with van der Waals surface area (Å²) in [4.78, 5) is 12.4. The highest BCUT2D eigenvalue weighted by Gasteiger charge is 2.16. The van der Waals surface area contributed by atoms with Crippen LogP contribution in [0.15, 0.2) is 34.8 Å². The molecule has 1 amide bonds. The van der Waals surface area contributed by atoms with Gasteiger partial charge in [-0.25, -0.2) is 0 Å². The van der Waals surface area contributed by atoms with Crippen LogP contribution in [-0.4, -0.2) is 30.1 Å². The van der Waals surface area contributed by atoms with Crippen LogP contribution in [0.4, 0.5) is 0 Å². The molecule has 0 saturated carbocycles. The van der Waals surface area contributed by atoms with Gasteiger partial charge in [0.25, 0.3) is 5.91 Å². The van der Waals surface area contributed by atoms with Gasteiger partial charge in [0.2, 0.25) is 0 Å². The molecule has 0 aliphatic heterocycles. The van der Waals surface area contributed by atoms with E-state index in [1.165, 1.54) is 0 Å². The van der Waals surface area contributed by atoms with Gasteiger partial charge in [-0.15, -0.1) is 12.4 Å². The summed E-state index contributed by atoms with van der Waals surface area (Å²) in [6.45, 7) is 6.64. The fraction of sp³-hybridized carbons (Fsp3) is 0.353. The number of halogens is 2. The van der Waals surface area contributed by atoms with Crippen LogP contribution in [0.25, 0.3) is 5.69 Å². The number of likely N-dealkylation sites (N-methyl/N-ethyl adjacent to an activating group) is 1. The van der Waals surface area contributed by atoms with Crippen LogP contribution in [-0.2, 0) is 0 Å². The first-order valence-corrected chi connectivity index (χ1v) is 8.13. The molecule has 0 aliphatic carbocycles. The summed E-state index contributed by atoms with van der Waals surface area (Å²) in [6.07, 6.45) is 0. The third-order valence-corrected chi connectivity index (χ3v) is 4.35. The molecule has 1 aromatic heterocycles. The smallest absolute Gasteiger partial charge is 0.253 e. The molecule has 1 aromatic carbocycles. The molecule has 0 bridgehead atoms. The second kappa shape index (κ2) is 8.52. The highest BCUT2D eigenvalue weighted by atomic mass is 79.9. The number of aryl methyl sites for hydroxylation is 1. The Kier molecular flexibility index (Phi) is 7.32. The molecule has 126 valence electrons. The Morgan fingerprint density at radius 2 is 1.87 bits per heavy atom.